The number of carbonyl (C=O) groups is 2. The van der Waals surface area contributed by atoms with E-state index >= 15 is 0 Å². The van der Waals surface area contributed by atoms with Gasteiger partial charge in [-0.05, 0) is 25.7 Å². The number of aliphatic hydroxyl groups excluding tert-OH is 2. The summed E-state index contributed by atoms with van der Waals surface area (Å²) in [6, 6.07) is -0.537. The van der Waals surface area contributed by atoms with E-state index in [1.54, 1.807) is 0 Å². The zero-order valence-corrected chi connectivity index (χ0v) is 40.7. The second-order valence-electron chi connectivity index (χ2n) is 18.9. The molecule has 0 aliphatic heterocycles. The van der Waals surface area contributed by atoms with Gasteiger partial charge >= 0.3 is 5.97 Å². The van der Waals surface area contributed by atoms with Crippen LogP contribution in [0.2, 0.25) is 0 Å². The number of rotatable bonds is 51. The molecule has 0 aliphatic carbocycles. The van der Waals surface area contributed by atoms with E-state index in [-0.39, 0.29) is 18.5 Å². The highest BCUT2D eigenvalue weighted by molar-refractivity contribution is 5.76. The Morgan fingerprint density at radius 2 is 0.683 bits per heavy atom. The summed E-state index contributed by atoms with van der Waals surface area (Å²) < 4.78 is 5.47. The number of esters is 1. The summed E-state index contributed by atoms with van der Waals surface area (Å²) in [5.41, 5.74) is 0. The highest BCUT2D eigenvalue weighted by Crippen LogP contribution is 2.17. The third-order valence-electron chi connectivity index (χ3n) is 12.9. The minimum absolute atomic E-state index is 0.0143. The van der Waals surface area contributed by atoms with Gasteiger partial charge in [-0.15, -0.1) is 0 Å². The lowest BCUT2D eigenvalue weighted by molar-refractivity contribution is -0.143. The first-order chi connectivity index (χ1) is 29.5. The maximum atomic E-state index is 12.4. The van der Waals surface area contributed by atoms with E-state index in [0.29, 0.717) is 25.9 Å². The zero-order chi connectivity index (χ0) is 43.7. The van der Waals surface area contributed by atoms with Crippen LogP contribution < -0.4 is 5.32 Å². The third-order valence-corrected chi connectivity index (χ3v) is 12.9. The Hall–Kier alpha value is -1.14. The van der Waals surface area contributed by atoms with E-state index in [4.69, 9.17) is 4.74 Å². The molecular weight excluding hydrogens is 743 g/mol. The molecule has 0 rings (SSSR count). The van der Waals surface area contributed by atoms with E-state index in [0.717, 1.165) is 38.5 Å². The molecule has 2 atom stereocenters. The first-order valence-electron chi connectivity index (χ1n) is 27.3. The van der Waals surface area contributed by atoms with E-state index < -0.39 is 12.1 Å². The molecule has 0 saturated carbocycles. The number of unbranched alkanes of at least 4 members (excludes halogenated alkanes) is 40. The van der Waals surface area contributed by atoms with Crippen molar-refractivity contribution in [1.82, 2.24) is 5.32 Å². The minimum atomic E-state index is -0.660. The Labute approximate surface area is 375 Å². The van der Waals surface area contributed by atoms with Crippen molar-refractivity contribution in [2.45, 2.75) is 321 Å². The van der Waals surface area contributed by atoms with Gasteiger partial charge in [0.15, 0.2) is 0 Å². The van der Waals surface area contributed by atoms with Crippen molar-refractivity contribution in [1.29, 1.82) is 0 Å². The first kappa shape index (κ1) is 58.9. The van der Waals surface area contributed by atoms with Crippen LogP contribution in [0.15, 0.2) is 0 Å². The average Bonchev–Trinajstić information content (AvgIpc) is 3.25. The number of amides is 1. The van der Waals surface area contributed by atoms with Gasteiger partial charge in [-0.2, -0.15) is 0 Å². The molecule has 6 heteroatoms. The van der Waals surface area contributed by atoms with Gasteiger partial charge < -0.3 is 20.3 Å². The molecule has 2 unspecified atom stereocenters. The first-order valence-corrected chi connectivity index (χ1v) is 27.3. The van der Waals surface area contributed by atoms with Gasteiger partial charge in [0, 0.05) is 12.8 Å². The van der Waals surface area contributed by atoms with Crippen molar-refractivity contribution in [3.05, 3.63) is 0 Å². The Bertz CT molecular complexity index is 852. The van der Waals surface area contributed by atoms with Crippen LogP contribution in [0, 0.1) is 0 Å². The maximum Gasteiger partial charge on any atom is 0.305 e. The number of carbonyl (C=O) groups excluding carboxylic acids is 2. The van der Waals surface area contributed by atoms with E-state index in [1.165, 1.54) is 238 Å². The lowest BCUT2D eigenvalue weighted by Gasteiger charge is -2.22. The molecule has 0 saturated heterocycles. The molecule has 0 heterocycles. The van der Waals surface area contributed by atoms with Crippen molar-refractivity contribution in [3.8, 4) is 0 Å². The molecule has 0 aromatic carbocycles. The van der Waals surface area contributed by atoms with Crippen LogP contribution in [0.3, 0.4) is 0 Å². The van der Waals surface area contributed by atoms with E-state index in [2.05, 4.69) is 19.2 Å². The number of hydrogen-bond donors (Lipinski definition) is 3. The summed E-state index contributed by atoms with van der Waals surface area (Å²) in [7, 11) is 0. The molecule has 0 bridgehead atoms. The smallest absolute Gasteiger partial charge is 0.305 e. The number of hydrogen-bond acceptors (Lipinski definition) is 5. The predicted molar refractivity (Wildman–Crippen MR) is 260 cm³/mol. The second-order valence-corrected chi connectivity index (χ2v) is 18.9. The third kappa shape index (κ3) is 46.4. The Balaban J connectivity index is 3.33. The van der Waals surface area contributed by atoms with Gasteiger partial charge in [0.25, 0.3) is 0 Å². The van der Waals surface area contributed by atoms with E-state index in [9.17, 15) is 19.8 Å². The highest BCUT2D eigenvalue weighted by atomic mass is 16.5. The SMILES string of the molecule is CCCCCCCCCCCCCCC(=O)OCCCCCCCCCCCCCCCCCCCCCCCCC(=O)NC(CO)C(O)CCCCCCCCCCC. The molecule has 0 aromatic heterocycles. The monoisotopic (exact) mass is 850 g/mol. The van der Waals surface area contributed by atoms with Crippen LogP contribution in [-0.4, -0.2) is 47.4 Å². The van der Waals surface area contributed by atoms with Crippen molar-refractivity contribution in [2.75, 3.05) is 13.2 Å². The highest BCUT2D eigenvalue weighted by Gasteiger charge is 2.20. The summed E-state index contributed by atoms with van der Waals surface area (Å²) in [5, 5.41) is 23.1. The molecular formula is C54H107NO5. The summed E-state index contributed by atoms with van der Waals surface area (Å²) in [4.78, 5) is 24.4. The lowest BCUT2D eigenvalue weighted by atomic mass is 10.0. The van der Waals surface area contributed by atoms with Crippen LogP contribution in [0.5, 0.6) is 0 Å². The van der Waals surface area contributed by atoms with Crippen molar-refractivity contribution in [2.24, 2.45) is 0 Å². The number of aliphatic hydroxyl groups is 2. The molecule has 0 fully saturated rings. The van der Waals surface area contributed by atoms with Crippen LogP contribution in [-0.2, 0) is 14.3 Å². The average molecular weight is 850 g/mol. The molecule has 0 spiro atoms. The summed E-state index contributed by atoms with van der Waals surface area (Å²) >= 11 is 0. The molecule has 358 valence electrons. The van der Waals surface area contributed by atoms with E-state index in [1.807, 2.05) is 0 Å². The molecule has 0 radical (unpaired) electrons. The number of ether oxygens (including phenoxy) is 1. The molecule has 1 amide bonds. The van der Waals surface area contributed by atoms with Crippen LogP contribution in [0.25, 0.3) is 0 Å². The second kappa shape index (κ2) is 50.5. The Morgan fingerprint density at radius 1 is 0.400 bits per heavy atom. The summed E-state index contributed by atoms with van der Waals surface area (Å²) in [5.74, 6) is -0.0220. The molecule has 0 aromatic rings. The molecule has 60 heavy (non-hydrogen) atoms. The summed E-state index contributed by atoms with van der Waals surface area (Å²) in [6.07, 6.45) is 56.7. The largest absolute Gasteiger partial charge is 0.466 e. The molecule has 3 N–H and O–H groups in total. The number of nitrogens with one attached hydrogen (secondary N) is 1. The predicted octanol–water partition coefficient (Wildman–Crippen LogP) is 16.4. The Kier molecular flexibility index (Phi) is 49.5. The fraction of sp³-hybridized carbons (Fsp3) is 0.963. The van der Waals surface area contributed by atoms with Gasteiger partial charge in [0.05, 0.1) is 25.4 Å². The quantitative estimate of drug-likeness (QED) is 0.0418. The lowest BCUT2D eigenvalue weighted by Crippen LogP contribution is -2.45. The van der Waals surface area contributed by atoms with Gasteiger partial charge in [0.1, 0.15) is 0 Å². The Morgan fingerprint density at radius 3 is 1.02 bits per heavy atom. The fourth-order valence-electron chi connectivity index (χ4n) is 8.70. The van der Waals surface area contributed by atoms with Crippen LogP contribution in [0.4, 0.5) is 0 Å². The van der Waals surface area contributed by atoms with Crippen LogP contribution >= 0.6 is 0 Å². The molecule has 0 aliphatic rings. The normalized spacial score (nSPS) is 12.5. The maximum absolute atomic E-state index is 12.4. The van der Waals surface area contributed by atoms with Gasteiger partial charge in [-0.25, -0.2) is 0 Å². The summed E-state index contributed by atoms with van der Waals surface area (Å²) in [6.45, 7) is 4.94. The molecule has 6 nitrogen and oxygen atoms in total. The van der Waals surface area contributed by atoms with Crippen LogP contribution in [0.1, 0.15) is 309 Å². The van der Waals surface area contributed by atoms with Gasteiger partial charge in [0.2, 0.25) is 5.91 Å². The van der Waals surface area contributed by atoms with Gasteiger partial charge in [-0.1, -0.05) is 271 Å². The van der Waals surface area contributed by atoms with Gasteiger partial charge in [-0.3, -0.25) is 9.59 Å². The minimum Gasteiger partial charge on any atom is -0.466 e. The zero-order valence-electron chi connectivity index (χ0n) is 40.7. The van der Waals surface area contributed by atoms with Crippen molar-refractivity contribution >= 4 is 11.9 Å². The standard InChI is InChI=1S/C54H107NO5/c1-3-5-7-9-11-13-14-28-32-36-40-44-48-54(59)60-49-45-41-37-33-29-26-24-22-20-18-16-15-17-19-21-23-25-27-31-35-39-43-47-53(58)55-51(50-56)52(57)46-42-38-34-30-12-10-8-6-4-2/h51-52,56-57H,3-50H2,1-2H3,(H,55,58). The topological polar surface area (TPSA) is 95.9 Å². The van der Waals surface area contributed by atoms with Crippen molar-refractivity contribution in [3.63, 3.8) is 0 Å². The van der Waals surface area contributed by atoms with Crippen molar-refractivity contribution < 1.29 is 24.5 Å². The fourth-order valence-corrected chi connectivity index (χ4v) is 8.70.